The van der Waals surface area contributed by atoms with Gasteiger partial charge in [0.05, 0.1) is 6.10 Å². The Morgan fingerprint density at radius 3 is 2.79 bits per heavy atom. The molecule has 0 saturated carbocycles. The molecule has 4 nitrogen and oxygen atoms in total. The first kappa shape index (κ1) is 11.3. The van der Waals surface area contributed by atoms with Crippen LogP contribution < -0.4 is 5.32 Å². The van der Waals surface area contributed by atoms with Gasteiger partial charge in [0, 0.05) is 19.1 Å². The second-order valence-electron chi connectivity index (χ2n) is 4.18. The van der Waals surface area contributed by atoms with Gasteiger partial charge in [-0.3, -0.25) is 0 Å². The molecule has 0 aromatic carbocycles. The summed E-state index contributed by atoms with van der Waals surface area (Å²) in [5.74, 6) is 0. The maximum absolute atomic E-state index is 11.6. The number of hydrogen-bond acceptors (Lipinski definition) is 2. The third-order valence-electron chi connectivity index (χ3n) is 2.40. The first-order chi connectivity index (χ1) is 6.59. The van der Waals surface area contributed by atoms with E-state index in [9.17, 15) is 9.90 Å². The van der Waals surface area contributed by atoms with Crippen molar-refractivity contribution in [2.24, 2.45) is 0 Å². The molecule has 14 heavy (non-hydrogen) atoms. The highest BCUT2D eigenvalue weighted by atomic mass is 16.3. The van der Waals surface area contributed by atoms with Crippen molar-refractivity contribution in [2.45, 2.75) is 45.3 Å². The summed E-state index contributed by atoms with van der Waals surface area (Å²) < 4.78 is 0. The number of nitrogens with one attached hydrogen (secondary N) is 1. The van der Waals surface area contributed by atoms with Crippen molar-refractivity contribution >= 4 is 6.03 Å². The number of amides is 2. The van der Waals surface area contributed by atoms with Gasteiger partial charge in [0.15, 0.2) is 0 Å². The van der Waals surface area contributed by atoms with Gasteiger partial charge in [-0.15, -0.1) is 0 Å². The normalized spacial score (nSPS) is 23.4. The van der Waals surface area contributed by atoms with E-state index in [4.69, 9.17) is 0 Å². The lowest BCUT2D eigenvalue weighted by Gasteiger charge is -2.22. The van der Waals surface area contributed by atoms with Crippen LogP contribution in [0, 0.1) is 0 Å². The minimum Gasteiger partial charge on any atom is -0.393 e. The highest BCUT2D eigenvalue weighted by Gasteiger charge is 2.19. The highest BCUT2D eigenvalue weighted by Crippen LogP contribution is 2.10. The Balaban J connectivity index is 2.39. The molecule has 4 heteroatoms. The Hall–Kier alpha value is -0.770. The molecule has 1 aliphatic heterocycles. The fraction of sp³-hybridized carbons (Fsp3) is 0.900. The molecule has 1 heterocycles. The maximum Gasteiger partial charge on any atom is 0.317 e. The van der Waals surface area contributed by atoms with Crippen molar-refractivity contribution in [1.29, 1.82) is 0 Å². The largest absolute Gasteiger partial charge is 0.393 e. The van der Waals surface area contributed by atoms with Crippen molar-refractivity contribution in [1.82, 2.24) is 10.2 Å². The molecule has 0 bridgehead atoms. The van der Waals surface area contributed by atoms with Crippen LogP contribution in [0.1, 0.15) is 33.1 Å². The van der Waals surface area contributed by atoms with E-state index in [0.29, 0.717) is 13.0 Å². The predicted octanol–water partition coefficient (Wildman–Crippen LogP) is 0.951. The quantitative estimate of drug-likeness (QED) is 0.662. The number of likely N-dealkylation sites (tertiary alicyclic amines) is 1. The van der Waals surface area contributed by atoms with Gasteiger partial charge in [-0.25, -0.2) is 4.79 Å². The molecule has 0 aromatic heterocycles. The zero-order valence-electron chi connectivity index (χ0n) is 8.99. The highest BCUT2D eigenvalue weighted by molar-refractivity contribution is 5.74. The lowest BCUT2D eigenvalue weighted by molar-refractivity contribution is 0.155. The number of hydrogen-bond donors (Lipinski definition) is 2. The molecule has 2 amide bonds. The topological polar surface area (TPSA) is 52.6 Å². The van der Waals surface area contributed by atoms with Crippen molar-refractivity contribution in [2.75, 3.05) is 13.1 Å². The predicted molar refractivity (Wildman–Crippen MR) is 55.1 cm³/mol. The molecule has 0 aliphatic carbocycles. The average Bonchev–Trinajstić information content (AvgIpc) is 2.28. The Kier molecular flexibility index (Phi) is 4.20. The SMILES string of the molecule is CC(C)NC(=O)N1CCCC(O)CC1. The minimum absolute atomic E-state index is 0.00546. The molecule has 1 aliphatic rings. The Morgan fingerprint density at radius 1 is 1.43 bits per heavy atom. The van der Waals surface area contributed by atoms with Crippen LogP contribution >= 0.6 is 0 Å². The summed E-state index contributed by atoms with van der Waals surface area (Å²) in [6.45, 7) is 5.32. The van der Waals surface area contributed by atoms with E-state index < -0.39 is 0 Å². The van der Waals surface area contributed by atoms with Crippen LogP contribution in [0.2, 0.25) is 0 Å². The molecule has 0 aromatic rings. The van der Waals surface area contributed by atoms with Gasteiger partial charge in [0.1, 0.15) is 0 Å². The molecular formula is C10H20N2O2. The smallest absolute Gasteiger partial charge is 0.317 e. The summed E-state index contributed by atoms with van der Waals surface area (Å²) in [7, 11) is 0. The Labute approximate surface area is 85.3 Å². The van der Waals surface area contributed by atoms with E-state index in [1.807, 2.05) is 13.8 Å². The van der Waals surface area contributed by atoms with Crippen LogP contribution in [0.3, 0.4) is 0 Å². The molecule has 0 spiro atoms. The van der Waals surface area contributed by atoms with Crippen molar-refractivity contribution in [3.8, 4) is 0 Å². The molecule has 1 unspecified atom stereocenters. The number of aliphatic hydroxyl groups is 1. The van der Waals surface area contributed by atoms with Crippen LogP contribution in [0.5, 0.6) is 0 Å². The van der Waals surface area contributed by atoms with Crippen molar-refractivity contribution in [3.63, 3.8) is 0 Å². The number of urea groups is 1. The zero-order chi connectivity index (χ0) is 10.6. The Morgan fingerprint density at radius 2 is 2.14 bits per heavy atom. The molecule has 1 fully saturated rings. The number of rotatable bonds is 1. The number of carbonyl (C=O) groups excluding carboxylic acids is 1. The molecule has 1 atom stereocenters. The molecule has 1 saturated heterocycles. The standard InChI is InChI=1S/C10H20N2O2/c1-8(2)11-10(14)12-6-3-4-9(13)5-7-12/h8-9,13H,3-7H2,1-2H3,(H,11,14). The third-order valence-corrected chi connectivity index (χ3v) is 2.40. The molecule has 1 rings (SSSR count). The summed E-state index contributed by atoms with van der Waals surface area (Å²) in [5, 5.41) is 12.3. The van der Waals surface area contributed by atoms with Crippen molar-refractivity contribution < 1.29 is 9.90 Å². The fourth-order valence-corrected chi connectivity index (χ4v) is 1.62. The second kappa shape index (κ2) is 5.20. The van der Waals surface area contributed by atoms with Crippen molar-refractivity contribution in [3.05, 3.63) is 0 Å². The Bertz CT molecular complexity index is 195. The van der Waals surface area contributed by atoms with Gasteiger partial charge < -0.3 is 15.3 Å². The zero-order valence-corrected chi connectivity index (χ0v) is 8.99. The van der Waals surface area contributed by atoms with Crippen LogP contribution in [0.4, 0.5) is 4.79 Å². The first-order valence-corrected chi connectivity index (χ1v) is 5.33. The lowest BCUT2D eigenvalue weighted by Crippen LogP contribution is -2.43. The van der Waals surface area contributed by atoms with Gasteiger partial charge in [-0.2, -0.15) is 0 Å². The lowest BCUT2D eigenvalue weighted by atomic mass is 10.2. The van der Waals surface area contributed by atoms with Crippen LogP contribution in [-0.2, 0) is 0 Å². The van der Waals surface area contributed by atoms with E-state index >= 15 is 0 Å². The van der Waals surface area contributed by atoms with Gasteiger partial charge in [0.25, 0.3) is 0 Å². The monoisotopic (exact) mass is 200 g/mol. The van der Waals surface area contributed by atoms with E-state index in [0.717, 1.165) is 19.4 Å². The first-order valence-electron chi connectivity index (χ1n) is 5.33. The van der Waals surface area contributed by atoms with Gasteiger partial charge >= 0.3 is 6.03 Å². The van der Waals surface area contributed by atoms with Crippen LogP contribution in [-0.4, -0.2) is 41.3 Å². The second-order valence-corrected chi connectivity index (χ2v) is 4.18. The third kappa shape index (κ3) is 3.54. The number of aliphatic hydroxyl groups excluding tert-OH is 1. The van der Waals surface area contributed by atoms with Gasteiger partial charge in [0.2, 0.25) is 0 Å². The maximum atomic E-state index is 11.6. The summed E-state index contributed by atoms with van der Waals surface area (Å²) in [6.07, 6.45) is 2.18. The van der Waals surface area contributed by atoms with E-state index in [2.05, 4.69) is 5.32 Å². The summed E-state index contributed by atoms with van der Waals surface area (Å²) in [4.78, 5) is 13.4. The van der Waals surface area contributed by atoms with Gasteiger partial charge in [-0.1, -0.05) is 0 Å². The van der Waals surface area contributed by atoms with E-state index in [1.165, 1.54) is 0 Å². The fourth-order valence-electron chi connectivity index (χ4n) is 1.62. The molecule has 0 radical (unpaired) electrons. The summed E-state index contributed by atoms with van der Waals surface area (Å²) >= 11 is 0. The summed E-state index contributed by atoms with van der Waals surface area (Å²) in [6, 6.07) is 0.171. The molecule has 2 N–H and O–H groups in total. The minimum atomic E-state index is -0.230. The van der Waals surface area contributed by atoms with Gasteiger partial charge in [-0.05, 0) is 33.1 Å². The molecule has 82 valence electrons. The number of nitrogens with zero attached hydrogens (tertiary/aromatic N) is 1. The summed E-state index contributed by atoms with van der Waals surface area (Å²) in [5.41, 5.74) is 0. The average molecular weight is 200 g/mol. The van der Waals surface area contributed by atoms with E-state index in [-0.39, 0.29) is 18.2 Å². The van der Waals surface area contributed by atoms with Crippen LogP contribution in [0.25, 0.3) is 0 Å². The van der Waals surface area contributed by atoms with Crippen LogP contribution in [0.15, 0.2) is 0 Å². The van der Waals surface area contributed by atoms with E-state index in [1.54, 1.807) is 4.90 Å². The molecular weight excluding hydrogens is 180 g/mol. The number of carbonyl (C=O) groups is 1.